The summed E-state index contributed by atoms with van der Waals surface area (Å²) in [5.74, 6) is 1.38. The molecule has 0 radical (unpaired) electrons. The molecule has 2 unspecified atom stereocenters. The van der Waals surface area contributed by atoms with Crippen molar-refractivity contribution in [2.24, 2.45) is 5.92 Å². The summed E-state index contributed by atoms with van der Waals surface area (Å²) in [6.07, 6.45) is 2.39. The standard InChI is InChI=1S/C16H24N2O/c1-5-12(2)8-13(3)18-11-14-6-7-16(19-4)15(9-14)10-17/h6-7,9,12-13,18H,5,8,11H2,1-4H3. The van der Waals surface area contributed by atoms with Gasteiger partial charge in [0.2, 0.25) is 0 Å². The number of rotatable bonds is 7. The second-order valence-corrected chi connectivity index (χ2v) is 5.18. The van der Waals surface area contributed by atoms with E-state index in [2.05, 4.69) is 32.2 Å². The Morgan fingerprint density at radius 2 is 2.11 bits per heavy atom. The zero-order valence-electron chi connectivity index (χ0n) is 12.4. The molecular formula is C16H24N2O. The lowest BCUT2D eigenvalue weighted by molar-refractivity contribution is 0.409. The lowest BCUT2D eigenvalue weighted by atomic mass is 10.00. The molecule has 0 saturated heterocycles. The van der Waals surface area contributed by atoms with Crippen LogP contribution in [0.2, 0.25) is 0 Å². The van der Waals surface area contributed by atoms with Gasteiger partial charge in [-0.15, -0.1) is 0 Å². The van der Waals surface area contributed by atoms with Crippen molar-refractivity contribution in [2.45, 2.75) is 46.2 Å². The maximum Gasteiger partial charge on any atom is 0.136 e. The number of nitrogens with zero attached hydrogens (tertiary/aromatic N) is 1. The van der Waals surface area contributed by atoms with Crippen LogP contribution in [0.5, 0.6) is 5.75 Å². The van der Waals surface area contributed by atoms with Gasteiger partial charge in [0.25, 0.3) is 0 Å². The summed E-state index contributed by atoms with van der Waals surface area (Å²) in [6, 6.07) is 8.40. The molecule has 0 aromatic heterocycles. The third-order valence-corrected chi connectivity index (χ3v) is 3.49. The van der Waals surface area contributed by atoms with Gasteiger partial charge in [0.1, 0.15) is 11.8 Å². The van der Waals surface area contributed by atoms with Crippen molar-refractivity contribution in [3.8, 4) is 11.8 Å². The van der Waals surface area contributed by atoms with Crippen molar-refractivity contribution in [1.82, 2.24) is 5.32 Å². The third kappa shape index (κ3) is 4.92. The second-order valence-electron chi connectivity index (χ2n) is 5.18. The predicted octanol–water partition coefficient (Wildman–Crippen LogP) is 3.48. The maximum atomic E-state index is 9.05. The first kappa shape index (κ1) is 15.5. The van der Waals surface area contributed by atoms with Crippen molar-refractivity contribution >= 4 is 0 Å². The molecule has 0 heterocycles. The van der Waals surface area contributed by atoms with E-state index in [0.29, 0.717) is 17.4 Å². The first-order valence-corrected chi connectivity index (χ1v) is 6.91. The highest BCUT2D eigenvalue weighted by molar-refractivity contribution is 5.45. The van der Waals surface area contributed by atoms with Crippen LogP contribution in [0.25, 0.3) is 0 Å². The van der Waals surface area contributed by atoms with E-state index in [1.54, 1.807) is 7.11 Å². The zero-order valence-corrected chi connectivity index (χ0v) is 12.4. The molecule has 104 valence electrons. The van der Waals surface area contributed by atoms with Crippen LogP contribution in [0.4, 0.5) is 0 Å². The molecular weight excluding hydrogens is 236 g/mol. The zero-order chi connectivity index (χ0) is 14.3. The van der Waals surface area contributed by atoms with Gasteiger partial charge in [-0.25, -0.2) is 0 Å². The van der Waals surface area contributed by atoms with E-state index in [-0.39, 0.29) is 0 Å². The topological polar surface area (TPSA) is 45.0 Å². The van der Waals surface area contributed by atoms with Gasteiger partial charge in [-0.1, -0.05) is 26.3 Å². The lowest BCUT2D eigenvalue weighted by Crippen LogP contribution is -2.27. The van der Waals surface area contributed by atoms with Crippen molar-refractivity contribution in [3.63, 3.8) is 0 Å². The fourth-order valence-corrected chi connectivity index (χ4v) is 2.10. The van der Waals surface area contributed by atoms with Crippen LogP contribution in [0.15, 0.2) is 18.2 Å². The normalized spacial score (nSPS) is 13.6. The highest BCUT2D eigenvalue weighted by atomic mass is 16.5. The molecule has 1 rings (SSSR count). The van der Waals surface area contributed by atoms with E-state index >= 15 is 0 Å². The minimum Gasteiger partial charge on any atom is -0.495 e. The summed E-state index contributed by atoms with van der Waals surface area (Å²) in [4.78, 5) is 0. The molecule has 0 aliphatic heterocycles. The second kappa shape index (κ2) is 7.81. The maximum absolute atomic E-state index is 9.05. The summed E-state index contributed by atoms with van der Waals surface area (Å²) < 4.78 is 5.14. The molecule has 0 bridgehead atoms. The van der Waals surface area contributed by atoms with E-state index in [9.17, 15) is 0 Å². The Kier molecular flexibility index (Phi) is 6.38. The number of ether oxygens (including phenoxy) is 1. The molecule has 0 spiro atoms. The summed E-state index contributed by atoms with van der Waals surface area (Å²) in [7, 11) is 1.59. The molecule has 0 aliphatic rings. The molecule has 0 saturated carbocycles. The Morgan fingerprint density at radius 3 is 2.68 bits per heavy atom. The number of nitrogens with one attached hydrogen (secondary N) is 1. The largest absolute Gasteiger partial charge is 0.495 e. The van der Waals surface area contributed by atoms with Crippen molar-refractivity contribution < 1.29 is 4.74 Å². The van der Waals surface area contributed by atoms with Gasteiger partial charge in [-0.05, 0) is 37.0 Å². The number of benzene rings is 1. The fourth-order valence-electron chi connectivity index (χ4n) is 2.10. The van der Waals surface area contributed by atoms with E-state index < -0.39 is 0 Å². The van der Waals surface area contributed by atoms with E-state index in [1.807, 2.05) is 18.2 Å². The molecule has 2 atom stereocenters. The minimum atomic E-state index is 0.489. The molecule has 0 fully saturated rings. The third-order valence-electron chi connectivity index (χ3n) is 3.49. The van der Waals surface area contributed by atoms with E-state index in [0.717, 1.165) is 18.0 Å². The monoisotopic (exact) mass is 260 g/mol. The molecule has 1 N–H and O–H groups in total. The number of hydrogen-bond acceptors (Lipinski definition) is 3. The Morgan fingerprint density at radius 1 is 1.37 bits per heavy atom. The molecule has 19 heavy (non-hydrogen) atoms. The number of hydrogen-bond donors (Lipinski definition) is 1. The highest BCUT2D eigenvalue weighted by Crippen LogP contribution is 2.19. The molecule has 0 amide bonds. The number of nitriles is 1. The van der Waals surface area contributed by atoms with Gasteiger partial charge in [-0.3, -0.25) is 0 Å². The van der Waals surface area contributed by atoms with Crippen LogP contribution >= 0.6 is 0 Å². The van der Waals surface area contributed by atoms with Crippen molar-refractivity contribution in [2.75, 3.05) is 7.11 Å². The van der Waals surface area contributed by atoms with Gasteiger partial charge in [0, 0.05) is 12.6 Å². The van der Waals surface area contributed by atoms with Gasteiger partial charge in [0.15, 0.2) is 0 Å². The summed E-state index contributed by atoms with van der Waals surface area (Å²) in [5.41, 5.74) is 1.71. The van der Waals surface area contributed by atoms with Crippen LogP contribution in [-0.2, 0) is 6.54 Å². The minimum absolute atomic E-state index is 0.489. The first-order valence-electron chi connectivity index (χ1n) is 6.91. The average Bonchev–Trinajstić information content (AvgIpc) is 2.44. The van der Waals surface area contributed by atoms with Gasteiger partial charge in [0.05, 0.1) is 12.7 Å². The molecule has 3 heteroatoms. The number of methoxy groups -OCH3 is 1. The fraction of sp³-hybridized carbons (Fsp3) is 0.562. The molecule has 1 aromatic rings. The van der Waals surface area contributed by atoms with Gasteiger partial charge < -0.3 is 10.1 Å². The Bertz CT molecular complexity index is 437. The van der Waals surface area contributed by atoms with Crippen LogP contribution < -0.4 is 10.1 Å². The molecule has 0 aliphatic carbocycles. The lowest BCUT2D eigenvalue weighted by Gasteiger charge is -2.17. The SMILES string of the molecule is CCC(C)CC(C)NCc1ccc(OC)c(C#N)c1. The molecule has 1 aromatic carbocycles. The first-order chi connectivity index (χ1) is 9.10. The van der Waals surface area contributed by atoms with Crippen LogP contribution in [-0.4, -0.2) is 13.2 Å². The van der Waals surface area contributed by atoms with E-state index in [4.69, 9.17) is 10.00 Å². The predicted molar refractivity (Wildman–Crippen MR) is 78.1 cm³/mol. The Labute approximate surface area is 116 Å². The summed E-state index contributed by atoms with van der Waals surface area (Å²) >= 11 is 0. The summed E-state index contributed by atoms with van der Waals surface area (Å²) in [6.45, 7) is 7.50. The van der Waals surface area contributed by atoms with Gasteiger partial charge >= 0.3 is 0 Å². The Hall–Kier alpha value is -1.53. The van der Waals surface area contributed by atoms with Gasteiger partial charge in [-0.2, -0.15) is 5.26 Å². The van der Waals surface area contributed by atoms with Crippen LogP contribution in [0, 0.1) is 17.2 Å². The highest BCUT2D eigenvalue weighted by Gasteiger charge is 2.08. The average molecular weight is 260 g/mol. The van der Waals surface area contributed by atoms with E-state index in [1.165, 1.54) is 12.8 Å². The quantitative estimate of drug-likeness (QED) is 0.816. The van der Waals surface area contributed by atoms with Crippen LogP contribution in [0.1, 0.15) is 44.7 Å². The summed E-state index contributed by atoms with van der Waals surface area (Å²) in [5, 5.41) is 12.6. The Balaban J connectivity index is 2.56. The smallest absolute Gasteiger partial charge is 0.136 e. The molecule has 3 nitrogen and oxygen atoms in total. The van der Waals surface area contributed by atoms with Crippen molar-refractivity contribution in [3.05, 3.63) is 29.3 Å². The van der Waals surface area contributed by atoms with Crippen LogP contribution in [0.3, 0.4) is 0 Å². The van der Waals surface area contributed by atoms with Crippen molar-refractivity contribution in [1.29, 1.82) is 5.26 Å².